The van der Waals surface area contributed by atoms with Crippen molar-refractivity contribution >= 4 is 11.9 Å². The van der Waals surface area contributed by atoms with Crippen LogP contribution in [0.3, 0.4) is 0 Å². The van der Waals surface area contributed by atoms with E-state index in [4.69, 9.17) is 0 Å². The van der Waals surface area contributed by atoms with Gasteiger partial charge in [0, 0.05) is 13.3 Å². The van der Waals surface area contributed by atoms with Gasteiger partial charge in [-0.25, -0.2) is 4.79 Å². The van der Waals surface area contributed by atoms with Gasteiger partial charge in [-0.15, -0.1) is 0 Å². The number of carbonyl (C=O) groups excluding carboxylic acids is 2. The molecule has 5 nitrogen and oxygen atoms in total. The zero-order valence-corrected chi connectivity index (χ0v) is 6.79. The van der Waals surface area contributed by atoms with Gasteiger partial charge in [0.2, 0.25) is 5.72 Å². The molecule has 0 radical (unpaired) electrons. The van der Waals surface area contributed by atoms with Crippen LogP contribution in [0.15, 0.2) is 0 Å². The van der Waals surface area contributed by atoms with E-state index in [0.29, 0.717) is 19.4 Å². The molecule has 1 rings (SSSR count). The Balaban J connectivity index is 2.56. The molecule has 1 atom stereocenters. The van der Waals surface area contributed by atoms with E-state index in [1.807, 2.05) is 0 Å². The van der Waals surface area contributed by atoms with Crippen molar-refractivity contribution in [3.05, 3.63) is 0 Å². The predicted molar refractivity (Wildman–Crippen MR) is 39.0 cm³/mol. The Hall–Kier alpha value is -0.940. The van der Waals surface area contributed by atoms with Crippen molar-refractivity contribution in [1.29, 1.82) is 0 Å². The minimum atomic E-state index is -1.65. The average molecular weight is 173 g/mol. The molecule has 1 heterocycles. The summed E-state index contributed by atoms with van der Waals surface area (Å²) in [5.41, 5.74) is -1.65. The van der Waals surface area contributed by atoms with E-state index < -0.39 is 17.7 Å². The smallest absolute Gasteiger partial charge is 0.361 e. The summed E-state index contributed by atoms with van der Waals surface area (Å²) in [6.45, 7) is 1.68. The normalized spacial score (nSPS) is 28.5. The molecule has 68 valence electrons. The van der Waals surface area contributed by atoms with E-state index in [0.717, 1.165) is 6.92 Å². The highest BCUT2D eigenvalue weighted by molar-refractivity contribution is 5.89. The van der Waals surface area contributed by atoms with Gasteiger partial charge in [-0.05, 0) is 13.0 Å². The summed E-state index contributed by atoms with van der Waals surface area (Å²) in [5, 5.41) is 12.0. The molecule has 0 aromatic rings. The molecule has 1 fully saturated rings. The lowest BCUT2D eigenvalue weighted by Crippen LogP contribution is -2.48. The third kappa shape index (κ3) is 1.80. The fourth-order valence-electron chi connectivity index (χ4n) is 1.12. The van der Waals surface area contributed by atoms with Crippen LogP contribution in [0, 0.1) is 0 Å². The standard InChI is InChI=1S/C7H11NO4/c1-5(9)12-6(10)7(11)3-2-4-8-7/h8,11H,2-4H2,1H3/t7-/m1/s1. The Morgan fingerprint density at radius 3 is 2.67 bits per heavy atom. The lowest BCUT2D eigenvalue weighted by Gasteiger charge is -2.18. The van der Waals surface area contributed by atoms with Gasteiger partial charge in [-0.3, -0.25) is 10.1 Å². The van der Waals surface area contributed by atoms with Gasteiger partial charge in [0.05, 0.1) is 0 Å². The van der Waals surface area contributed by atoms with E-state index in [2.05, 4.69) is 10.1 Å². The van der Waals surface area contributed by atoms with Crippen molar-refractivity contribution in [2.24, 2.45) is 0 Å². The highest BCUT2D eigenvalue weighted by Crippen LogP contribution is 2.17. The number of carbonyl (C=O) groups is 2. The molecule has 0 aliphatic carbocycles. The molecule has 0 unspecified atom stereocenters. The molecule has 0 amide bonds. The zero-order chi connectivity index (χ0) is 9.19. The molecule has 5 heteroatoms. The topological polar surface area (TPSA) is 75.6 Å². The maximum atomic E-state index is 11.0. The Morgan fingerprint density at radius 1 is 1.58 bits per heavy atom. The van der Waals surface area contributed by atoms with Crippen LogP contribution < -0.4 is 5.32 Å². The van der Waals surface area contributed by atoms with Crippen molar-refractivity contribution < 1.29 is 19.4 Å². The number of aliphatic hydroxyl groups is 1. The number of nitrogens with one attached hydrogen (secondary N) is 1. The van der Waals surface area contributed by atoms with E-state index in [-0.39, 0.29) is 0 Å². The Labute approximate surface area is 69.7 Å². The first-order valence-corrected chi connectivity index (χ1v) is 3.75. The van der Waals surface area contributed by atoms with Crippen LogP contribution in [0.2, 0.25) is 0 Å². The van der Waals surface area contributed by atoms with Crippen LogP contribution in [0.1, 0.15) is 19.8 Å². The van der Waals surface area contributed by atoms with Crippen LogP contribution in [0.4, 0.5) is 0 Å². The van der Waals surface area contributed by atoms with Gasteiger partial charge in [0.25, 0.3) is 0 Å². The Morgan fingerprint density at radius 2 is 2.25 bits per heavy atom. The lowest BCUT2D eigenvalue weighted by molar-refractivity contribution is -0.174. The Kier molecular flexibility index (Phi) is 2.44. The van der Waals surface area contributed by atoms with Crippen molar-refractivity contribution in [2.45, 2.75) is 25.5 Å². The van der Waals surface area contributed by atoms with Crippen molar-refractivity contribution in [3.8, 4) is 0 Å². The van der Waals surface area contributed by atoms with Crippen molar-refractivity contribution in [3.63, 3.8) is 0 Å². The summed E-state index contributed by atoms with van der Waals surface area (Å²) >= 11 is 0. The summed E-state index contributed by atoms with van der Waals surface area (Å²) in [7, 11) is 0. The molecule has 0 saturated carbocycles. The first kappa shape index (κ1) is 9.15. The largest absolute Gasteiger partial charge is 0.390 e. The summed E-state index contributed by atoms with van der Waals surface area (Å²) in [5.74, 6) is -1.62. The minimum absolute atomic E-state index is 0.291. The third-order valence-corrected chi connectivity index (χ3v) is 1.71. The minimum Gasteiger partial charge on any atom is -0.390 e. The molecular weight excluding hydrogens is 162 g/mol. The second kappa shape index (κ2) is 3.20. The van der Waals surface area contributed by atoms with Crippen LogP contribution >= 0.6 is 0 Å². The zero-order valence-electron chi connectivity index (χ0n) is 6.79. The molecule has 2 N–H and O–H groups in total. The summed E-state index contributed by atoms with van der Waals surface area (Å²) in [6.07, 6.45) is 0.989. The predicted octanol–water partition coefficient (Wildman–Crippen LogP) is -0.852. The molecule has 12 heavy (non-hydrogen) atoms. The fraction of sp³-hybridized carbons (Fsp3) is 0.714. The summed E-state index contributed by atoms with van der Waals surface area (Å²) in [6, 6.07) is 0. The van der Waals surface area contributed by atoms with Gasteiger partial charge >= 0.3 is 11.9 Å². The Bertz CT molecular complexity index is 207. The van der Waals surface area contributed by atoms with Crippen molar-refractivity contribution in [1.82, 2.24) is 5.32 Å². The summed E-state index contributed by atoms with van der Waals surface area (Å²) < 4.78 is 4.25. The van der Waals surface area contributed by atoms with E-state index >= 15 is 0 Å². The van der Waals surface area contributed by atoms with Crippen LogP contribution in [0.25, 0.3) is 0 Å². The van der Waals surface area contributed by atoms with E-state index in [9.17, 15) is 14.7 Å². The van der Waals surface area contributed by atoms with Gasteiger partial charge in [-0.2, -0.15) is 0 Å². The molecule has 1 aliphatic heterocycles. The van der Waals surface area contributed by atoms with Gasteiger partial charge in [0.15, 0.2) is 0 Å². The van der Waals surface area contributed by atoms with E-state index in [1.165, 1.54) is 0 Å². The highest BCUT2D eigenvalue weighted by Gasteiger charge is 2.40. The van der Waals surface area contributed by atoms with Gasteiger partial charge in [0.1, 0.15) is 0 Å². The van der Waals surface area contributed by atoms with Crippen LogP contribution in [0.5, 0.6) is 0 Å². The first-order valence-electron chi connectivity index (χ1n) is 3.75. The number of rotatable bonds is 1. The summed E-state index contributed by atoms with van der Waals surface area (Å²) in [4.78, 5) is 21.4. The third-order valence-electron chi connectivity index (χ3n) is 1.71. The second-order valence-electron chi connectivity index (χ2n) is 2.77. The number of esters is 2. The molecular formula is C7H11NO4. The van der Waals surface area contributed by atoms with Gasteiger partial charge in [-0.1, -0.05) is 0 Å². The lowest BCUT2D eigenvalue weighted by atomic mass is 10.2. The molecule has 0 aromatic heterocycles. The maximum Gasteiger partial charge on any atom is 0.361 e. The first-order chi connectivity index (χ1) is 5.54. The number of ether oxygens (including phenoxy) is 1. The number of hydrogen-bond donors (Lipinski definition) is 2. The monoisotopic (exact) mass is 173 g/mol. The van der Waals surface area contributed by atoms with Crippen LogP contribution in [-0.4, -0.2) is 29.3 Å². The highest BCUT2D eigenvalue weighted by atomic mass is 16.6. The maximum absolute atomic E-state index is 11.0. The molecule has 0 bridgehead atoms. The fourth-order valence-corrected chi connectivity index (χ4v) is 1.12. The van der Waals surface area contributed by atoms with Crippen LogP contribution in [-0.2, 0) is 14.3 Å². The van der Waals surface area contributed by atoms with Crippen molar-refractivity contribution in [2.75, 3.05) is 6.54 Å². The SMILES string of the molecule is CC(=O)OC(=O)[C@]1(O)CCCN1. The van der Waals surface area contributed by atoms with E-state index in [1.54, 1.807) is 0 Å². The molecule has 1 saturated heterocycles. The number of hydrogen-bond acceptors (Lipinski definition) is 5. The molecule has 0 aromatic carbocycles. The quantitative estimate of drug-likeness (QED) is 0.399. The average Bonchev–Trinajstić information content (AvgIpc) is 2.36. The second-order valence-corrected chi connectivity index (χ2v) is 2.77. The van der Waals surface area contributed by atoms with Gasteiger partial charge < -0.3 is 9.84 Å². The molecule has 0 spiro atoms. The molecule has 1 aliphatic rings.